The maximum atomic E-state index is 5.43. The molecule has 0 bridgehead atoms. The number of benzene rings is 3. The fraction of sp³-hybridized carbons (Fsp3) is 0.212. The van der Waals surface area contributed by atoms with Crippen molar-refractivity contribution in [2.45, 2.75) is 34.1 Å². The predicted molar refractivity (Wildman–Crippen MR) is 157 cm³/mol. The normalized spacial score (nSPS) is 13.0. The molecule has 0 amide bonds. The summed E-state index contributed by atoms with van der Waals surface area (Å²) in [7, 11) is -2.09. The van der Waals surface area contributed by atoms with Crippen LogP contribution in [-0.2, 0) is 21.7 Å². The van der Waals surface area contributed by atoms with Crippen molar-refractivity contribution in [1.29, 1.82) is 0 Å². The van der Waals surface area contributed by atoms with Crippen molar-refractivity contribution in [3.63, 3.8) is 0 Å². The Balaban J connectivity index is 0.000000357. The van der Waals surface area contributed by atoms with Gasteiger partial charge in [0.1, 0.15) is 0 Å². The average Bonchev–Trinajstić information content (AvgIpc) is 3.40. The van der Waals surface area contributed by atoms with Crippen LogP contribution < -0.4 is 15.9 Å². The van der Waals surface area contributed by atoms with E-state index in [0.29, 0.717) is 11.8 Å². The van der Waals surface area contributed by atoms with Crippen LogP contribution in [0.5, 0.6) is 0 Å². The maximum absolute atomic E-state index is 5.43. The van der Waals surface area contributed by atoms with Gasteiger partial charge in [0.15, 0.2) is 0 Å². The summed E-state index contributed by atoms with van der Waals surface area (Å²) in [6.07, 6.45) is 16.0. The molecule has 0 spiro atoms. The molecule has 3 aromatic carbocycles. The van der Waals surface area contributed by atoms with Crippen LogP contribution in [0.15, 0.2) is 144 Å². The summed E-state index contributed by atoms with van der Waals surface area (Å²) in [5, 5.41) is 3.88. The van der Waals surface area contributed by atoms with Gasteiger partial charge in [-0.15, -0.1) is 0 Å². The fourth-order valence-corrected chi connectivity index (χ4v) is 7.41. The number of rotatable bonds is 7. The summed E-state index contributed by atoms with van der Waals surface area (Å²) >= 11 is 0. The van der Waals surface area contributed by atoms with Crippen LogP contribution in [0.3, 0.4) is 0 Å². The van der Waals surface area contributed by atoms with Crippen LogP contribution in [0.25, 0.3) is 0 Å². The molecule has 3 heteroatoms. The fourth-order valence-electron chi connectivity index (χ4n) is 3.83. The minimum Gasteiger partial charge on any atom is -0.258 e. The van der Waals surface area contributed by atoms with Gasteiger partial charge in [0.05, 0.1) is 7.05 Å². The zero-order chi connectivity index (χ0) is 24.9. The first-order valence-corrected chi connectivity index (χ1v) is 14.3. The number of allylic oxidation sites excluding steroid dienone is 7. The molecular formula is C33H38NPTi. The van der Waals surface area contributed by atoms with Crippen molar-refractivity contribution >= 4 is 23.0 Å². The van der Waals surface area contributed by atoms with Gasteiger partial charge in [-0.3, -0.25) is 4.74 Å². The Morgan fingerprint density at radius 1 is 0.639 bits per heavy atom. The van der Waals surface area contributed by atoms with Crippen molar-refractivity contribution in [1.82, 2.24) is 0 Å². The molecule has 1 aliphatic carbocycles. The molecule has 0 heterocycles. The summed E-state index contributed by atoms with van der Waals surface area (Å²) in [5.41, 5.74) is 1.16. The third-order valence-corrected chi connectivity index (χ3v) is 9.22. The van der Waals surface area contributed by atoms with E-state index < -0.39 is 7.05 Å². The number of hydrogen-bond donors (Lipinski definition) is 0. The van der Waals surface area contributed by atoms with E-state index in [1.165, 1.54) is 15.9 Å². The smallest absolute Gasteiger partial charge is 0.0608 e. The molecule has 184 valence electrons. The molecule has 0 aromatic heterocycles. The Morgan fingerprint density at radius 3 is 1.33 bits per heavy atom. The number of hydrogen-bond acceptors (Lipinski definition) is 1. The van der Waals surface area contributed by atoms with E-state index in [1.807, 2.05) is 0 Å². The summed E-state index contributed by atoms with van der Waals surface area (Å²) < 4.78 is 5.43. The second-order valence-corrected chi connectivity index (χ2v) is 12.3. The van der Waals surface area contributed by atoms with Crippen molar-refractivity contribution in [2.24, 2.45) is 16.6 Å². The quantitative estimate of drug-likeness (QED) is 0.166. The second kappa shape index (κ2) is 15.6. The molecular weight excluding hydrogens is 489 g/mol. The Kier molecular flexibility index (Phi) is 12.9. The Morgan fingerprint density at radius 2 is 1.03 bits per heavy atom. The average molecular weight is 528 g/mol. The molecule has 1 nitrogen and oxygen atoms in total. The minimum atomic E-state index is -2.09. The molecule has 0 radical (unpaired) electrons. The Bertz CT molecular complexity index is 1080. The van der Waals surface area contributed by atoms with Gasteiger partial charge in [-0.05, 0) is 17.9 Å². The molecule has 0 fully saturated rings. The van der Waals surface area contributed by atoms with E-state index in [0.717, 1.165) is 12.1 Å². The summed E-state index contributed by atoms with van der Waals surface area (Å²) in [4.78, 5) is 0. The van der Waals surface area contributed by atoms with Crippen LogP contribution in [0.2, 0.25) is 0 Å². The SMILES string of the molecule is C1=CCC(N=P(c2ccccc2)(c2ccccc2)c2ccccc2)=C1.CC(C)C=CC=CC(C)C.[Ti]. The van der Waals surface area contributed by atoms with E-state index in [2.05, 4.69) is 161 Å². The molecule has 36 heavy (non-hydrogen) atoms. The van der Waals surface area contributed by atoms with Crippen molar-refractivity contribution in [2.75, 3.05) is 0 Å². The topological polar surface area (TPSA) is 12.4 Å². The predicted octanol–water partition coefficient (Wildman–Crippen LogP) is 8.42. The van der Waals surface area contributed by atoms with Crippen LogP contribution in [0.1, 0.15) is 34.1 Å². The second-order valence-electron chi connectivity index (χ2n) is 9.29. The Hall–Kier alpha value is -2.44. The number of nitrogens with zero attached hydrogens (tertiary/aromatic N) is 1. The van der Waals surface area contributed by atoms with Gasteiger partial charge >= 0.3 is 0 Å². The van der Waals surface area contributed by atoms with E-state index >= 15 is 0 Å². The van der Waals surface area contributed by atoms with Crippen LogP contribution in [0, 0.1) is 11.8 Å². The summed E-state index contributed by atoms with van der Waals surface area (Å²) in [6.45, 7) is 8.72. The van der Waals surface area contributed by atoms with E-state index in [9.17, 15) is 0 Å². The van der Waals surface area contributed by atoms with Crippen LogP contribution >= 0.6 is 7.05 Å². The van der Waals surface area contributed by atoms with Crippen LogP contribution in [-0.4, -0.2) is 0 Å². The van der Waals surface area contributed by atoms with Gasteiger partial charge < -0.3 is 0 Å². The van der Waals surface area contributed by atoms with E-state index in [4.69, 9.17) is 4.74 Å². The third-order valence-electron chi connectivity index (χ3n) is 5.52. The van der Waals surface area contributed by atoms with Gasteiger partial charge in [0, 0.05) is 49.7 Å². The third kappa shape index (κ3) is 8.60. The first kappa shape index (κ1) is 29.8. The molecule has 0 saturated heterocycles. The van der Waals surface area contributed by atoms with E-state index in [-0.39, 0.29) is 21.7 Å². The monoisotopic (exact) mass is 527 g/mol. The van der Waals surface area contributed by atoms with Gasteiger partial charge in [0.2, 0.25) is 0 Å². The zero-order valence-corrected chi connectivity index (χ0v) is 24.4. The summed E-state index contributed by atoms with van der Waals surface area (Å²) in [6, 6.07) is 32.3. The summed E-state index contributed by atoms with van der Waals surface area (Å²) in [5.74, 6) is 1.33. The van der Waals surface area contributed by atoms with Crippen molar-refractivity contribution in [3.8, 4) is 0 Å². The maximum Gasteiger partial charge on any atom is 0.0608 e. The first-order valence-electron chi connectivity index (χ1n) is 12.5. The molecule has 0 N–H and O–H groups in total. The standard InChI is InChI=1S/C23H20NP.C10H18.Ti/c1-4-14-21(15-5-1)25(22-16-6-2-7-17-22,23-18-8-3-9-19-23)24-20-12-10-11-13-20;1-9(2)7-5-6-8-10(3)4;/h1-12,14-19H,13H2;5-10H,1-4H3;. The van der Waals surface area contributed by atoms with E-state index in [1.54, 1.807) is 0 Å². The van der Waals surface area contributed by atoms with Crippen molar-refractivity contribution < 1.29 is 21.7 Å². The molecule has 4 rings (SSSR count). The molecule has 0 atom stereocenters. The molecule has 0 aliphatic heterocycles. The van der Waals surface area contributed by atoms with Gasteiger partial charge in [-0.2, -0.15) is 0 Å². The van der Waals surface area contributed by atoms with Gasteiger partial charge in [-0.25, -0.2) is 0 Å². The van der Waals surface area contributed by atoms with Crippen molar-refractivity contribution in [3.05, 3.63) is 139 Å². The van der Waals surface area contributed by atoms with Gasteiger partial charge in [0.25, 0.3) is 0 Å². The zero-order valence-electron chi connectivity index (χ0n) is 22.0. The Labute approximate surface area is 233 Å². The minimum absolute atomic E-state index is 0. The molecule has 3 aromatic rings. The first-order chi connectivity index (χ1) is 17.0. The molecule has 0 unspecified atom stereocenters. The molecule has 0 saturated carbocycles. The van der Waals surface area contributed by atoms with Crippen LogP contribution in [0.4, 0.5) is 0 Å². The van der Waals surface area contributed by atoms with Gasteiger partial charge in [-0.1, -0.05) is 155 Å². The largest absolute Gasteiger partial charge is 0.258 e. The molecule has 1 aliphatic rings.